The topological polar surface area (TPSA) is 39.0 Å². The number of aromatic nitrogens is 1. The fraction of sp³-hybridized carbons (Fsp3) is 0.667. The second-order valence-electron chi connectivity index (χ2n) is 4.29. The molecule has 3 nitrogen and oxygen atoms in total. The third-order valence-corrected chi connectivity index (χ3v) is 2.09. The monoisotopic (exact) mass is 167 g/mol. The Labute approximate surface area is 72.4 Å². The van der Waals surface area contributed by atoms with Gasteiger partial charge in [0.05, 0.1) is 6.04 Å². The van der Waals surface area contributed by atoms with Crippen LogP contribution in [0.3, 0.4) is 0 Å². The molecule has 1 atom stereocenters. The summed E-state index contributed by atoms with van der Waals surface area (Å²) in [6.45, 7) is 7.53. The zero-order valence-corrected chi connectivity index (χ0v) is 7.79. The summed E-state index contributed by atoms with van der Waals surface area (Å²) in [6, 6.07) is 0.466. The fourth-order valence-corrected chi connectivity index (χ4v) is 1.10. The van der Waals surface area contributed by atoms with E-state index in [-0.39, 0.29) is 5.54 Å². The molecule has 0 radical (unpaired) electrons. The van der Waals surface area contributed by atoms with Crippen LogP contribution in [0.2, 0.25) is 0 Å². The van der Waals surface area contributed by atoms with E-state index in [9.17, 15) is 0 Å². The van der Waals surface area contributed by atoms with Gasteiger partial charge < -0.3 is 9.73 Å². The third-order valence-electron chi connectivity index (χ3n) is 2.09. The normalized spacial score (nSPS) is 22.8. The van der Waals surface area contributed by atoms with Gasteiger partial charge in [-0.2, -0.15) is 4.57 Å². The van der Waals surface area contributed by atoms with Crippen LogP contribution in [0.5, 0.6) is 0 Å². The molecule has 1 saturated heterocycles. The molecule has 1 aliphatic rings. The molecule has 1 unspecified atom stereocenters. The van der Waals surface area contributed by atoms with Crippen molar-refractivity contribution in [1.82, 2.24) is 5.32 Å². The molecule has 66 valence electrons. The predicted octanol–water partition coefficient (Wildman–Crippen LogP) is 0.966. The van der Waals surface area contributed by atoms with Crippen LogP contribution >= 0.6 is 0 Å². The van der Waals surface area contributed by atoms with Gasteiger partial charge in [-0.1, -0.05) is 0 Å². The second kappa shape index (κ2) is 2.33. The molecule has 1 aromatic heterocycles. The fourth-order valence-electron chi connectivity index (χ4n) is 1.10. The van der Waals surface area contributed by atoms with E-state index in [0.717, 1.165) is 12.3 Å². The molecule has 0 aromatic carbocycles. The van der Waals surface area contributed by atoms with Gasteiger partial charge >= 0.3 is 6.39 Å². The summed E-state index contributed by atoms with van der Waals surface area (Å²) < 4.78 is 7.52. The van der Waals surface area contributed by atoms with Crippen molar-refractivity contribution in [3.63, 3.8) is 0 Å². The molecule has 0 amide bonds. The van der Waals surface area contributed by atoms with E-state index in [1.807, 2.05) is 0 Å². The maximum atomic E-state index is 5.42. The van der Waals surface area contributed by atoms with Crippen LogP contribution in [0.15, 0.2) is 17.0 Å². The van der Waals surface area contributed by atoms with Crippen molar-refractivity contribution in [3.8, 4) is 0 Å². The van der Waals surface area contributed by atoms with Crippen LogP contribution in [-0.4, -0.2) is 6.54 Å². The molecule has 0 spiro atoms. The molecule has 1 fully saturated rings. The van der Waals surface area contributed by atoms with Gasteiger partial charge in [0.15, 0.2) is 11.3 Å². The van der Waals surface area contributed by atoms with Crippen LogP contribution in [0.25, 0.3) is 0 Å². The Morgan fingerprint density at radius 3 is 2.67 bits per heavy atom. The number of nitrogens with zero attached hydrogens (tertiary/aromatic N) is 1. The van der Waals surface area contributed by atoms with Gasteiger partial charge in [-0.15, -0.1) is 0 Å². The number of hydrogen-bond acceptors (Lipinski definition) is 2. The minimum absolute atomic E-state index is 0.122. The molecule has 2 heterocycles. The Morgan fingerprint density at radius 2 is 2.25 bits per heavy atom. The molecule has 12 heavy (non-hydrogen) atoms. The van der Waals surface area contributed by atoms with Crippen LogP contribution < -0.4 is 9.88 Å². The molecule has 2 rings (SSSR count). The minimum atomic E-state index is 0.122. The predicted molar refractivity (Wildman–Crippen MR) is 44.6 cm³/mol. The van der Waals surface area contributed by atoms with Gasteiger partial charge in [-0.05, 0) is 0 Å². The zero-order valence-electron chi connectivity index (χ0n) is 7.79. The minimum Gasteiger partial charge on any atom is -0.407 e. The summed E-state index contributed by atoms with van der Waals surface area (Å²) in [5.41, 5.74) is 0.122. The van der Waals surface area contributed by atoms with E-state index in [2.05, 4.69) is 36.9 Å². The quantitative estimate of drug-likeness (QED) is 0.500. The summed E-state index contributed by atoms with van der Waals surface area (Å²) in [5, 5.41) is 3.21. The molecular weight excluding hydrogens is 152 g/mol. The lowest BCUT2D eigenvalue weighted by Gasteiger charge is -2.07. The summed E-state index contributed by atoms with van der Waals surface area (Å²) in [6.07, 6.45) is 3.86. The average Bonchev–Trinajstić information content (AvgIpc) is 2.66. The highest BCUT2D eigenvalue weighted by Crippen LogP contribution is 2.20. The molecule has 1 aliphatic heterocycles. The molecule has 1 aromatic rings. The number of hydrogen-bond donors (Lipinski definition) is 1. The maximum absolute atomic E-state index is 5.42. The third kappa shape index (κ3) is 1.37. The molecule has 0 aliphatic carbocycles. The van der Waals surface area contributed by atoms with E-state index in [1.54, 1.807) is 6.39 Å². The summed E-state index contributed by atoms with van der Waals surface area (Å²) in [5.74, 6) is 1.05. The van der Waals surface area contributed by atoms with E-state index < -0.39 is 0 Å². The molecule has 1 N–H and O–H groups in total. The van der Waals surface area contributed by atoms with Crippen LogP contribution in [-0.2, 0) is 5.54 Å². The van der Waals surface area contributed by atoms with Gasteiger partial charge in [0.1, 0.15) is 0 Å². The van der Waals surface area contributed by atoms with Crippen molar-refractivity contribution in [1.29, 1.82) is 0 Å². The van der Waals surface area contributed by atoms with Gasteiger partial charge in [0.2, 0.25) is 6.20 Å². The van der Waals surface area contributed by atoms with Crippen molar-refractivity contribution >= 4 is 0 Å². The number of nitrogens with one attached hydrogen (secondary N) is 1. The van der Waals surface area contributed by atoms with Crippen molar-refractivity contribution in [2.45, 2.75) is 32.4 Å². The van der Waals surface area contributed by atoms with Gasteiger partial charge in [-0.3, -0.25) is 0 Å². The standard InChI is InChI=1S/C9H15N2O/c1-9(2,3)11-5-8(12-6-11)7-4-10-7/h5-7,10H,4H2,1-3H3/q+1. The van der Waals surface area contributed by atoms with E-state index in [4.69, 9.17) is 4.42 Å². The zero-order chi connectivity index (χ0) is 8.77. The molecule has 0 saturated carbocycles. The maximum Gasteiger partial charge on any atom is 0.335 e. The second-order valence-corrected chi connectivity index (χ2v) is 4.29. The van der Waals surface area contributed by atoms with Crippen LogP contribution in [0.4, 0.5) is 0 Å². The Balaban J connectivity index is 2.23. The first-order valence-electron chi connectivity index (χ1n) is 4.31. The first kappa shape index (κ1) is 7.80. The molecule has 3 heteroatoms. The first-order chi connectivity index (χ1) is 5.57. The van der Waals surface area contributed by atoms with E-state index in [1.165, 1.54) is 0 Å². The lowest BCUT2D eigenvalue weighted by molar-refractivity contribution is -0.756. The Morgan fingerprint density at radius 1 is 1.58 bits per heavy atom. The van der Waals surface area contributed by atoms with Gasteiger partial charge in [-0.25, -0.2) is 0 Å². The van der Waals surface area contributed by atoms with Crippen molar-refractivity contribution in [2.75, 3.05) is 6.54 Å². The van der Waals surface area contributed by atoms with E-state index >= 15 is 0 Å². The SMILES string of the molecule is CC(C)(C)[n+]1coc(C2CN2)c1. The highest BCUT2D eigenvalue weighted by atomic mass is 16.3. The number of rotatable bonds is 1. The average molecular weight is 167 g/mol. The number of oxazole rings is 1. The summed E-state index contributed by atoms with van der Waals surface area (Å²) in [4.78, 5) is 0. The van der Waals surface area contributed by atoms with Gasteiger partial charge in [0.25, 0.3) is 0 Å². The lowest BCUT2D eigenvalue weighted by atomic mass is 10.1. The summed E-state index contributed by atoms with van der Waals surface area (Å²) >= 11 is 0. The largest absolute Gasteiger partial charge is 0.407 e. The van der Waals surface area contributed by atoms with Gasteiger partial charge in [0, 0.05) is 27.3 Å². The summed E-state index contributed by atoms with van der Waals surface area (Å²) in [7, 11) is 0. The smallest absolute Gasteiger partial charge is 0.335 e. The molecule has 0 bridgehead atoms. The Hall–Kier alpha value is -0.830. The molecular formula is C9H15N2O+. The van der Waals surface area contributed by atoms with Crippen LogP contribution in [0.1, 0.15) is 32.6 Å². The highest BCUT2D eigenvalue weighted by Gasteiger charge is 2.31. The highest BCUT2D eigenvalue weighted by molar-refractivity contribution is 5.03. The van der Waals surface area contributed by atoms with Crippen molar-refractivity contribution in [3.05, 3.63) is 18.4 Å². The van der Waals surface area contributed by atoms with Crippen LogP contribution in [0, 0.1) is 0 Å². The Kier molecular flexibility index (Phi) is 1.51. The van der Waals surface area contributed by atoms with Crippen molar-refractivity contribution in [2.24, 2.45) is 0 Å². The lowest BCUT2D eigenvalue weighted by Crippen LogP contribution is -2.48. The first-order valence-corrected chi connectivity index (χ1v) is 4.31. The van der Waals surface area contributed by atoms with E-state index in [0.29, 0.717) is 6.04 Å². The van der Waals surface area contributed by atoms with Crippen molar-refractivity contribution < 1.29 is 8.98 Å². The Bertz CT molecular complexity index is 281.